The van der Waals surface area contributed by atoms with Gasteiger partial charge in [0.2, 0.25) is 0 Å². The van der Waals surface area contributed by atoms with E-state index in [1.54, 1.807) is 0 Å². The second kappa shape index (κ2) is 7.08. The number of aliphatic carboxylic acids is 1. The molecule has 0 saturated heterocycles. The van der Waals surface area contributed by atoms with Gasteiger partial charge in [0.25, 0.3) is 0 Å². The molecule has 0 amide bonds. The van der Waals surface area contributed by atoms with Gasteiger partial charge in [-0.3, -0.25) is 4.79 Å². The average molecular weight is 304 g/mol. The monoisotopic (exact) mass is 304 g/mol. The number of rotatable bonds is 6. The van der Waals surface area contributed by atoms with Crippen molar-refractivity contribution >= 4 is 17.7 Å². The third-order valence-electron chi connectivity index (χ3n) is 2.60. The topological polar surface area (TPSA) is 72.3 Å². The van der Waals surface area contributed by atoms with Crippen molar-refractivity contribution in [3.63, 3.8) is 0 Å². The van der Waals surface area contributed by atoms with Gasteiger partial charge >= 0.3 is 5.97 Å². The smallest absolute Gasteiger partial charge is 0.313 e. The Bertz CT molecular complexity index is 647. The number of hydrogen-bond acceptors (Lipinski definition) is 5. The molecule has 5 nitrogen and oxygen atoms in total. The van der Waals surface area contributed by atoms with Crippen LogP contribution in [0.2, 0.25) is 0 Å². The molecule has 0 radical (unpaired) electrons. The summed E-state index contributed by atoms with van der Waals surface area (Å²) in [5.74, 6) is -0.155. The number of carbonyl (C=O) groups is 1. The van der Waals surface area contributed by atoms with E-state index < -0.39 is 5.97 Å². The Hall–Kier alpha value is -2.08. The fraction of sp³-hybridized carbons (Fsp3) is 0.267. The first kappa shape index (κ1) is 15.3. The van der Waals surface area contributed by atoms with E-state index in [4.69, 9.17) is 9.84 Å². The third-order valence-corrected chi connectivity index (χ3v) is 3.43. The van der Waals surface area contributed by atoms with Crippen LogP contribution in [0.3, 0.4) is 0 Å². The van der Waals surface area contributed by atoms with Crippen LogP contribution >= 0.6 is 11.8 Å². The van der Waals surface area contributed by atoms with Crippen LogP contribution in [0.25, 0.3) is 11.3 Å². The summed E-state index contributed by atoms with van der Waals surface area (Å²) in [6.45, 7) is 4.40. The fourth-order valence-corrected chi connectivity index (χ4v) is 2.42. The van der Waals surface area contributed by atoms with Gasteiger partial charge in [-0.15, -0.1) is 0 Å². The highest BCUT2D eigenvalue weighted by Crippen LogP contribution is 2.25. The molecule has 2 aromatic rings. The van der Waals surface area contributed by atoms with Crippen molar-refractivity contribution in [1.82, 2.24) is 9.97 Å². The first-order chi connectivity index (χ1) is 10.1. The zero-order chi connectivity index (χ0) is 15.2. The summed E-state index contributed by atoms with van der Waals surface area (Å²) < 4.78 is 5.48. The highest BCUT2D eigenvalue weighted by Gasteiger charge is 2.08. The van der Waals surface area contributed by atoms with E-state index >= 15 is 0 Å². The van der Waals surface area contributed by atoms with Crippen LogP contribution in [0, 0.1) is 6.92 Å². The van der Waals surface area contributed by atoms with Crippen LogP contribution in [0.5, 0.6) is 5.75 Å². The van der Waals surface area contributed by atoms with E-state index in [0.717, 1.165) is 34.5 Å². The van der Waals surface area contributed by atoms with Crippen LogP contribution in [-0.2, 0) is 4.79 Å². The van der Waals surface area contributed by atoms with Crippen molar-refractivity contribution in [3.8, 4) is 17.0 Å². The molecule has 1 aromatic heterocycles. The second-order valence-corrected chi connectivity index (χ2v) is 5.26. The van der Waals surface area contributed by atoms with Crippen LogP contribution in [0.4, 0.5) is 0 Å². The maximum absolute atomic E-state index is 10.6. The first-order valence-electron chi connectivity index (χ1n) is 6.52. The average Bonchev–Trinajstić information content (AvgIpc) is 2.45. The van der Waals surface area contributed by atoms with E-state index in [1.807, 2.05) is 44.2 Å². The summed E-state index contributed by atoms with van der Waals surface area (Å²) in [4.78, 5) is 19.3. The normalized spacial score (nSPS) is 10.4. The molecule has 21 heavy (non-hydrogen) atoms. The molecule has 2 rings (SSSR count). The Morgan fingerprint density at radius 1 is 1.33 bits per heavy atom. The number of benzene rings is 1. The summed E-state index contributed by atoms with van der Waals surface area (Å²) >= 11 is 1.11. The van der Waals surface area contributed by atoms with Gasteiger partial charge in [-0.2, -0.15) is 0 Å². The molecule has 0 fully saturated rings. The van der Waals surface area contributed by atoms with E-state index in [1.165, 1.54) is 0 Å². The van der Waals surface area contributed by atoms with E-state index in [0.29, 0.717) is 11.8 Å². The number of carboxylic acid groups (broad SMARTS) is 1. The van der Waals surface area contributed by atoms with Gasteiger partial charge in [-0.1, -0.05) is 23.9 Å². The molecule has 0 bridgehead atoms. The van der Waals surface area contributed by atoms with Crippen molar-refractivity contribution in [2.45, 2.75) is 19.0 Å². The Balaban J connectivity index is 2.30. The number of carboxylic acids is 1. The minimum atomic E-state index is -0.884. The molecule has 1 N–H and O–H groups in total. The van der Waals surface area contributed by atoms with Crippen LogP contribution in [-0.4, -0.2) is 33.4 Å². The molecular formula is C15H16N2O3S. The van der Waals surface area contributed by atoms with Crippen LogP contribution in [0.1, 0.15) is 12.6 Å². The maximum Gasteiger partial charge on any atom is 0.313 e. The number of hydrogen-bond donors (Lipinski definition) is 1. The van der Waals surface area contributed by atoms with Gasteiger partial charge in [0.15, 0.2) is 5.16 Å². The Kier molecular flexibility index (Phi) is 5.16. The highest BCUT2D eigenvalue weighted by molar-refractivity contribution is 7.99. The molecule has 0 atom stereocenters. The first-order valence-corrected chi connectivity index (χ1v) is 7.50. The molecule has 110 valence electrons. The Morgan fingerprint density at radius 3 is 2.86 bits per heavy atom. The van der Waals surface area contributed by atoms with Gasteiger partial charge in [-0.25, -0.2) is 9.97 Å². The van der Waals surface area contributed by atoms with E-state index in [9.17, 15) is 4.79 Å². The molecule has 1 aromatic carbocycles. The molecule has 1 heterocycles. The summed E-state index contributed by atoms with van der Waals surface area (Å²) in [5, 5.41) is 9.20. The SMILES string of the molecule is CCOc1cccc(-c2cc(C)nc(SCC(=O)O)n2)c1. The number of aromatic nitrogens is 2. The zero-order valence-corrected chi connectivity index (χ0v) is 12.7. The lowest BCUT2D eigenvalue weighted by Crippen LogP contribution is -2.00. The molecule has 0 aliphatic heterocycles. The second-order valence-electron chi connectivity index (χ2n) is 4.32. The molecule has 6 heteroatoms. The standard InChI is InChI=1S/C15H16N2O3S/c1-3-20-12-6-4-5-11(8-12)13-7-10(2)16-15(17-13)21-9-14(18)19/h4-8H,3,9H2,1-2H3,(H,18,19). The summed E-state index contributed by atoms with van der Waals surface area (Å²) in [6, 6.07) is 9.52. The largest absolute Gasteiger partial charge is 0.494 e. The van der Waals surface area contributed by atoms with Crippen molar-refractivity contribution in [1.29, 1.82) is 0 Å². The molecule has 0 spiro atoms. The predicted octanol–water partition coefficient (Wildman–Crippen LogP) is 3.03. The fourth-order valence-electron chi connectivity index (χ4n) is 1.79. The number of thioether (sulfide) groups is 1. The van der Waals surface area contributed by atoms with Crippen molar-refractivity contribution in [2.75, 3.05) is 12.4 Å². The van der Waals surface area contributed by atoms with Gasteiger partial charge < -0.3 is 9.84 Å². The number of ether oxygens (including phenoxy) is 1. The Morgan fingerprint density at radius 2 is 2.14 bits per heavy atom. The molecule has 0 aliphatic rings. The van der Waals surface area contributed by atoms with E-state index in [2.05, 4.69) is 9.97 Å². The predicted molar refractivity (Wildman–Crippen MR) is 81.7 cm³/mol. The van der Waals surface area contributed by atoms with Crippen molar-refractivity contribution < 1.29 is 14.6 Å². The lowest BCUT2D eigenvalue weighted by Gasteiger charge is -2.07. The Labute approximate surface area is 127 Å². The minimum absolute atomic E-state index is 0.0537. The molecule has 0 unspecified atom stereocenters. The molecule has 0 saturated carbocycles. The number of nitrogens with zero attached hydrogens (tertiary/aromatic N) is 2. The van der Waals surface area contributed by atoms with Crippen LogP contribution < -0.4 is 4.74 Å². The lowest BCUT2D eigenvalue weighted by molar-refractivity contribution is -0.133. The third kappa shape index (κ3) is 4.46. The minimum Gasteiger partial charge on any atom is -0.494 e. The van der Waals surface area contributed by atoms with Gasteiger partial charge in [0, 0.05) is 11.3 Å². The lowest BCUT2D eigenvalue weighted by atomic mass is 10.1. The van der Waals surface area contributed by atoms with Crippen LogP contribution in [0.15, 0.2) is 35.5 Å². The summed E-state index contributed by atoms with van der Waals surface area (Å²) in [5.41, 5.74) is 2.48. The van der Waals surface area contributed by atoms with E-state index in [-0.39, 0.29) is 5.75 Å². The molecule has 0 aliphatic carbocycles. The van der Waals surface area contributed by atoms with Crippen molar-refractivity contribution in [3.05, 3.63) is 36.0 Å². The highest BCUT2D eigenvalue weighted by atomic mass is 32.2. The van der Waals surface area contributed by atoms with Gasteiger partial charge in [0.05, 0.1) is 18.1 Å². The maximum atomic E-state index is 10.6. The summed E-state index contributed by atoms with van der Waals surface area (Å²) in [6.07, 6.45) is 0. The van der Waals surface area contributed by atoms with Gasteiger partial charge in [0.1, 0.15) is 5.75 Å². The summed E-state index contributed by atoms with van der Waals surface area (Å²) in [7, 11) is 0. The van der Waals surface area contributed by atoms with Crippen molar-refractivity contribution in [2.24, 2.45) is 0 Å². The molecular weight excluding hydrogens is 288 g/mol. The number of aryl methyl sites for hydroxylation is 1. The quantitative estimate of drug-likeness (QED) is 0.653. The van der Waals surface area contributed by atoms with Gasteiger partial charge in [-0.05, 0) is 32.0 Å². The zero-order valence-electron chi connectivity index (χ0n) is 11.9.